The van der Waals surface area contributed by atoms with Gasteiger partial charge in [-0.3, -0.25) is 14.6 Å². The largest absolute Gasteiger partial charge is 0.449 e. The SMILES string of the molecule is CNC(=O)c1nc(C(C)(C)NC(=O)c2cccnc2)nc2c1OCO2. The number of ether oxygens (including phenoxy) is 2. The summed E-state index contributed by atoms with van der Waals surface area (Å²) in [5.74, 6) is -0.168. The molecule has 2 amide bonds. The molecule has 0 saturated carbocycles. The van der Waals surface area contributed by atoms with Crippen molar-refractivity contribution >= 4 is 11.8 Å². The molecule has 0 aliphatic carbocycles. The highest BCUT2D eigenvalue weighted by atomic mass is 16.7. The lowest BCUT2D eigenvalue weighted by Gasteiger charge is -2.25. The number of pyridine rings is 1. The summed E-state index contributed by atoms with van der Waals surface area (Å²) < 4.78 is 10.6. The first-order valence-corrected chi connectivity index (χ1v) is 7.55. The van der Waals surface area contributed by atoms with Gasteiger partial charge in [0.1, 0.15) is 0 Å². The van der Waals surface area contributed by atoms with Crippen LogP contribution in [0, 0.1) is 0 Å². The molecule has 0 aromatic carbocycles. The first-order chi connectivity index (χ1) is 11.9. The molecule has 0 unspecified atom stereocenters. The van der Waals surface area contributed by atoms with Gasteiger partial charge in [0.15, 0.2) is 11.5 Å². The van der Waals surface area contributed by atoms with Gasteiger partial charge in [0, 0.05) is 19.4 Å². The van der Waals surface area contributed by atoms with Crippen LogP contribution in [0.15, 0.2) is 24.5 Å². The van der Waals surface area contributed by atoms with Crippen molar-refractivity contribution in [2.45, 2.75) is 19.4 Å². The van der Waals surface area contributed by atoms with E-state index < -0.39 is 11.4 Å². The van der Waals surface area contributed by atoms with Crippen molar-refractivity contribution in [2.75, 3.05) is 13.8 Å². The molecule has 1 aliphatic heterocycles. The maximum atomic E-state index is 12.4. The Balaban J connectivity index is 1.94. The van der Waals surface area contributed by atoms with Crippen molar-refractivity contribution < 1.29 is 19.1 Å². The quantitative estimate of drug-likeness (QED) is 0.836. The number of nitrogens with zero attached hydrogens (tertiary/aromatic N) is 3. The van der Waals surface area contributed by atoms with Crippen LogP contribution in [0.4, 0.5) is 0 Å². The Bertz CT molecular complexity index is 823. The number of nitrogens with one attached hydrogen (secondary N) is 2. The Hall–Kier alpha value is -3.23. The number of rotatable bonds is 4. The van der Waals surface area contributed by atoms with Crippen molar-refractivity contribution in [1.82, 2.24) is 25.6 Å². The molecule has 0 bridgehead atoms. The highest BCUT2D eigenvalue weighted by Gasteiger charge is 2.33. The fraction of sp³-hybridized carbons (Fsp3) is 0.312. The molecule has 1 aliphatic rings. The van der Waals surface area contributed by atoms with E-state index in [-0.39, 0.29) is 35.8 Å². The zero-order valence-electron chi connectivity index (χ0n) is 14.0. The maximum Gasteiger partial charge on any atom is 0.273 e. The molecule has 130 valence electrons. The molecular weight excluding hydrogens is 326 g/mol. The molecule has 0 fully saturated rings. The molecule has 9 nitrogen and oxygen atoms in total. The van der Waals surface area contributed by atoms with Crippen LogP contribution in [0.1, 0.15) is 40.5 Å². The lowest BCUT2D eigenvalue weighted by molar-refractivity contribution is 0.0907. The molecule has 0 radical (unpaired) electrons. The van der Waals surface area contributed by atoms with E-state index >= 15 is 0 Å². The van der Waals surface area contributed by atoms with E-state index in [0.29, 0.717) is 5.56 Å². The highest BCUT2D eigenvalue weighted by molar-refractivity contribution is 5.96. The van der Waals surface area contributed by atoms with Crippen LogP contribution >= 0.6 is 0 Å². The Morgan fingerprint density at radius 2 is 2.00 bits per heavy atom. The van der Waals surface area contributed by atoms with Crippen LogP contribution in [0.25, 0.3) is 0 Å². The number of hydrogen-bond acceptors (Lipinski definition) is 7. The number of carbonyl (C=O) groups is 2. The van der Waals surface area contributed by atoms with Crippen LogP contribution in [0.5, 0.6) is 11.6 Å². The molecule has 3 heterocycles. The van der Waals surface area contributed by atoms with E-state index in [4.69, 9.17) is 9.47 Å². The standard InChI is InChI=1S/C16H17N5O4/c1-16(2,21-12(22)9-5-4-6-18-7-9)15-19-10(13(23)17-3)11-14(20-15)25-8-24-11/h4-7H,8H2,1-3H3,(H,17,23)(H,21,22). The van der Waals surface area contributed by atoms with Gasteiger partial charge >= 0.3 is 0 Å². The lowest BCUT2D eigenvalue weighted by Crippen LogP contribution is -2.42. The minimum atomic E-state index is -0.962. The van der Waals surface area contributed by atoms with Crippen molar-refractivity contribution in [3.63, 3.8) is 0 Å². The number of aromatic nitrogens is 3. The summed E-state index contributed by atoms with van der Waals surface area (Å²) in [6.45, 7) is 3.42. The van der Waals surface area contributed by atoms with Crippen LogP contribution < -0.4 is 20.1 Å². The first kappa shape index (κ1) is 16.6. The summed E-state index contributed by atoms with van der Waals surface area (Å²) >= 11 is 0. The number of carbonyl (C=O) groups excluding carboxylic acids is 2. The summed E-state index contributed by atoms with van der Waals surface area (Å²) in [6.07, 6.45) is 3.04. The smallest absolute Gasteiger partial charge is 0.273 e. The van der Waals surface area contributed by atoms with E-state index in [1.165, 1.54) is 13.2 Å². The summed E-state index contributed by atoms with van der Waals surface area (Å²) in [5, 5.41) is 5.33. The van der Waals surface area contributed by atoms with Gasteiger partial charge in [-0.2, -0.15) is 4.98 Å². The van der Waals surface area contributed by atoms with Gasteiger partial charge in [-0.25, -0.2) is 4.98 Å². The Labute approximate surface area is 143 Å². The van der Waals surface area contributed by atoms with Gasteiger partial charge in [-0.1, -0.05) is 0 Å². The van der Waals surface area contributed by atoms with Gasteiger partial charge in [0.2, 0.25) is 12.5 Å². The molecule has 25 heavy (non-hydrogen) atoms. The fourth-order valence-electron chi connectivity index (χ4n) is 2.26. The molecule has 3 rings (SSSR count). The predicted molar refractivity (Wildman–Crippen MR) is 86.3 cm³/mol. The molecule has 0 atom stereocenters. The van der Waals surface area contributed by atoms with E-state index in [1.807, 2.05) is 0 Å². The van der Waals surface area contributed by atoms with Gasteiger partial charge in [0.05, 0.1) is 11.1 Å². The first-order valence-electron chi connectivity index (χ1n) is 7.55. The van der Waals surface area contributed by atoms with Gasteiger partial charge in [-0.05, 0) is 26.0 Å². The summed E-state index contributed by atoms with van der Waals surface area (Å²) in [7, 11) is 1.49. The Kier molecular flexibility index (Phi) is 4.22. The maximum absolute atomic E-state index is 12.4. The average Bonchev–Trinajstić information content (AvgIpc) is 3.09. The second kappa shape index (κ2) is 6.34. The van der Waals surface area contributed by atoms with Crippen LogP contribution in [0.3, 0.4) is 0 Å². The average molecular weight is 343 g/mol. The highest BCUT2D eigenvalue weighted by Crippen LogP contribution is 2.34. The van der Waals surface area contributed by atoms with E-state index in [2.05, 4.69) is 25.6 Å². The minimum absolute atomic E-state index is 0.0417. The summed E-state index contributed by atoms with van der Waals surface area (Å²) in [6, 6.07) is 3.32. The third kappa shape index (κ3) is 3.21. The predicted octanol–water partition coefficient (Wildman–Crippen LogP) is 0.625. The molecule has 2 N–H and O–H groups in total. The van der Waals surface area contributed by atoms with E-state index in [9.17, 15) is 9.59 Å². The van der Waals surface area contributed by atoms with E-state index in [0.717, 1.165) is 0 Å². The van der Waals surface area contributed by atoms with Crippen molar-refractivity contribution in [3.8, 4) is 11.6 Å². The summed E-state index contributed by atoms with van der Waals surface area (Å²) in [4.78, 5) is 36.9. The minimum Gasteiger partial charge on any atom is -0.449 e. The van der Waals surface area contributed by atoms with Gasteiger partial charge in [-0.15, -0.1) is 0 Å². The molecule has 2 aromatic heterocycles. The number of fused-ring (bicyclic) bond motifs is 1. The summed E-state index contributed by atoms with van der Waals surface area (Å²) in [5.41, 5.74) is -0.497. The fourth-order valence-corrected chi connectivity index (χ4v) is 2.26. The lowest BCUT2D eigenvalue weighted by atomic mass is 10.0. The van der Waals surface area contributed by atoms with Crippen molar-refractivity contribution in [1.29, 1.82) is 0 Å². The Morgan fingerprint density at radius 1 is 1.20 bits per heavy atom. The van der Waals surface area contributed by atoms with Crippen molar-refractivity contribution in [3.05, 3.63) is 41.6 Å². The van der Waals surface area contributed by atoms with Crippen molar-refractivity contribution in [2.24, 2.45) is 0 Å². The molecule has 0 saturated heterocycles. The molecule has 9 heteroatoms. The normalized spacial score (nSPS) is 12.6. The second-order valence-electron chi connectivity index (χ2n) is 5.84. The van der Waals surface area contributed by atoms with Crippen LogP contribution in [-0.2, 0) is 5.54 Å². The van der Waals surface area contributed by atoms with E-state index in [1.54, 1.807) is 32.2 Å². The molecule has 0 spiro atoms. The third-order valence-electron chi connectivity index (χ3n) is 3.58. The van der Waals surface area contributed by atoms with Crippen LogP contribution in [0.2, 0.25) is 0 Å². The zero-order chi connectivity index (χ0) is 18.0. The topological polar surface area (TPSA) is 115 Å². The molecule has 2 aromatic rings. The van der Waals surface area contributed by atoms with Gasteiger partial charge in [0.25, 0.3) is 17.7 Å². The second-order valence-corrected chi connectivity index (χ2v) is 5.84. The third-order valence-corrected chi connectivity index (χ3v) is 3.58. The molecular formula is C16H17N5O4. The monoisotopic (exact) mass is 343 g/mol. The number of amides is 2. The van der Waals surface area contributed by atoms with Gasteiger partial charge < -0.3 is 20.1 Å². The Morgan fingerprint density at radius 3 is 2.68 bits per heavy atom. The zero-order valence-corrected chi connectivity index (χ0v) is 14.0. The van der Waals surface area contributed by atoms with Crippen LogP contribution in [-0.4, -0.2) is 40.6 Å². The number of hydrogen-bond donors (Lipinski definition) is 2.